The van der Waals surface area contributed by atoms with Gasteiger partial charge in [0.25, 0.3) is 10.0 Å². The van der Waals surface area contributed by atoms with Crippen LogP contribution in [0.1, 0.15) is 65.9 Å². The second-order valence-corrected chi connectivity index (χ2v) is 18.3. The zero-order valence-corrected chi connectivity index (χ0v) is 33.6. The number of nitrogens with zero attached hydrogens (tertiary/aromatic N) is 4. The summed E-state index contributed by atoms with van der Waals surface area (Å²) in [4.78, 5) is 61.1. The maximum Gasteiger partial charge on any atom is 0.264 e. The van der Waals surface area contributed by atoms with E-state index in [4.69, 9.17) is 5.41 Å². The minimum Gasteiger partial charge on any atom is -0.356 e. The first-order chi connectivity index (χ1) is 26.7. The van der Waals surface area contributed by atoms with E-state index in [1.165, 1.54) is 23.2 Å². The summed E-state index contributed by atoms with van der Waals surface area (Å²) >= 11 is 1.10. The van der Waals surface area contributed by atoms with Gasteiger partial charge in [0, 0.05) is 50.7 Å². The average molecular weight is 829 g/mol. The fraction of sp³-hybridized carbons (Fsp3) is 0.459. The minimum atomic E-state index is -3.99. The smallest absolute Gasteiger partial charge is 0.264 e. The number of likely N-dealkylation sites (tertiary alicyclic amines) is 1. The molecule has 1 aromatic heterocycles. The molecule has 4 N–H and O–H groups in total. The van der Waals surface area contributed by atoms with Crippen molar-refractivity contribution >= 4 is 60.8 Å². The molecule has 2 aliphatic rings. The van der Waals surface area contributed by atoms with Crippen LogP contribution in [0.15, 0.2) is 71.1 Å². The van der Waals surface area contributed by atoms with Gasteiger partial charge in [-0.1, -0.05) is 48.0 Å². The number of carbonyl (C=O) groups excluding carboxylic acids is 4. The number of amides is 3. The molecule has 19 heteroatoms. The molecule has 2 aromatic carbocycles. The molecule has 2 saturated heterocycles. The molecule has 3 aromatic rings. The predicted molar refractivity (Wildman–Crippen MR) is 211 cm³/mol. The lowest BCUT2D eigenvalue weighted by Crippen LogP contribution is -2.60. The van der Waals surface area contributed by atoms with E-state index in [-0.39, 0.29) is 66.9 Å². The monoisotopic (exact) mass is 828 g/mol. The number of benzene rings is 2. The predicted octanol–water partition coefficient (Wildman–Crippen LogP) is 2.24. The molecule has 0 spiro atoms. The lowest BCUT2D eigenvalue weighted by molar-refractivity contribution is -0.143. The highest BCUT2D eigenvalue weighted by atomic mass is 32.2. The van der Waals surface area contributed by atoms with Gasteiger partial charge in [0.05, 0.1) is 23.2 Å². The number of sulfonamides is 2. The topological polar surface area (TPSA) is 219 Å². The van der Waals surface area contributed by atoms with Gasteiger partial charge in [-0.15, -0.1) is 11.3 Å². The third kappa shape index (κ3) is 11.7. The fourth-order valence-electron chi connectivity index (χ4n) is 6.65. The number of hydrogen-bond donors (Lipinski definition) is 4. The molecule has 0 aliphatic carbocycles. The van der Waals surface area contributed by atoms with Crippen LogP contribution in [0.25, 0.3) is 0 Å². The molecule has 56 heavy (non-hydrogen) atoms. The summed E-state index contributed by atoms with van der Waals surface area (Å²) in [5.41, 5.74) is 1.43. The number of aryl methyl sites for hydroxylation is 1. The van der Waals surface area contributed by atoms with Crippen molar-refractivity contribution in [2.45, 2.75) is 74.6 Å². The van der Waals surface area contributed by atoms with Crippen LogP contribution in [-0.2, 0) is 40.2 Å². The van der Waals surface area contributed by atoms with Crippen LogP contribution >= 0.6 is 11.3 Å². The Kier molecular flexibility index (Phi) is 14.7. The Morgan fingerprint density at radius 1 is 0.964 bits per heavy atom. The Morgan fingerprint density at radius 2 is 1.68 bits per heavy atom. The first-order valence-electron chi connectivity index (χ1n) is 18.5. The zero-order chi connectivity index (χ0) is 40.3. The van der Waals surface area contributed by atoms with Crippen molar-refractivity contribution in [1.82, 2.24) is 34.4 Å². The summed E-state index contributed by atoms with van der Waals surface area (Å²) in [7, 11) is -7.99. The first-order valence-corrected chi connectivity index (χ1v) is 22.5. The summed E-state index contributed by atoms with van der Waals surface area (Å²) in [5.74, 6) is -2.65. The molecule has 0 radical (unpaired) electrons. The Labute approximate surface area is 331 Å². The quantitative estimate of drug-likeness (QED) is 0.0673. The third-order valence-electron chi connectivity index (χ3n) is 9.59. The fourth-order valence-corrected chi connectivity index (χ4v) is 9.96. The zero-order valence-electron chi connectivity index (χ0n) is 31.2. The molecule has 302 valence electrons. The van der Waals surface area contributed by atoms with Crippen LogP contribution in [0.3, 0.4) is 0 Å². The molecule has 16 nitrogen and oxygen atoms in total. The van der Waals surface area contributed by atoms with Crippen molar-refractivity contribution in [2.75, 3.05) is 39.3 Å². The Hall–Kier alpha value is -4.72. The summed E-state index contributed by atoms with van der Waals surface area (Å²) in [6.45, 7) is 2.54. The number of rotatable bonds is 17. The van der Waals surface area contributed by atoms with Crippen LogP contribution in [0, 0.1) is 12.3 Å². The summed E-state index contributed by atoms with van der Waals surface area (Å²) in [6, 6.07) is 12.5. The molecular weight excluding hydrogens is 781 g/mol. The molecule has 2 fully saturated rings. The molecule has 0 bridgehead atoms. The number of piperidine rings is 1. The van der Waals surface area contributed by atoms with Gasteiger partial charge in [-0.3, -0.25) is 24.6 Å². The Morgan fingerprint density at radius 3 is 2.36 bits per heavy atom. The Bertz CT molecular complexity index is 2060. The number of Topliss-reactive ketones (excluding diaryl/α,β-unsaturated/α-hetero) is 1. The standard InChI is InChI=1S/C37H48N8O8S3/c1-27-12-14-29(15-13-27)56(52,53)42-37(38)40-18-8-11-30(34(48)35-39-19-24-54-35)41-32(46)25-44-22-23-45(55(50,51)26-28-9-4-2-5-10-28)31(36(44)49)16-17-33(47)43-20-6-3-7-21-43/h2,4-5,9-10,12-15,19,24,30-31H,3,6-8,11,16-18,20-23,25-26H2,1H3,(H,41,46)(H3,38,40,42)/t30-,31+/m0/s1. The van der Waals surface area contributed by atoms with Gasteiger partial charge in [-0.05, 0) is 63.1 Å². The number of ketones is 1. The lowest BCUT2D eigenvalue weighted by atomic mass is 10.0. The number of thiazole rings is 1. The van der Waals surface area contributed by atoms with Gasteiger partial charge < -0.3 is 20.4 Å². The number of carbonyl (C=O) groups is 4. The first kappa shape index (κ1) is 42.4. The molecule has 5 rings (SSSR count). The largest absolute Gasteiger partial charge is 0.356 e. The van der Waals surface area contributed by atoms with Crippen LogP contribution in [0.4, 0.5) is 0 Å². The van der Waals surface area contributed by atoms with Crippen molar-refractivity contribution < 1.29 is 36.0 Å². The van der Waals surface area contributed by atoms with Crippen LogP contribution in [-0.4, -0.2) is 117 Å². The van der Waals surface area contributed by atoms with Crippen molar-refractivity contribution in [3.05, 3.63) is 82.3 Å². The second-order valence-electron chi connectivity index (χ2n) is 13.8. The minimum absolute atomic E-state index is 0.00237. The lowest BCUT2D eigenvalue weighted by Gasteiger charge is -2.40. The summed E-state index contributed by atoms with van der Waals surface area (Å²) in [5, 5.41) is 15.2. The van der Waals surface area contributed by atoms with E-state index in [2.05, 4.69) is 20.3 Å². The van der Waals surface area contributed by atoms with E-state index >= 15 is 0 Å². The SMILES string of the molecule is Cc1ccc(S(=O)(=O)NC(=N)NCCC[C@H](NC(=O)CN2CCN(S(=O)(=O)Cc3ccccc3)[C@H](CCC(=O)N3CCCCC3)C2=O)C(=O)c2nccs2)cc1. The van der Waals surface area contributed by atoms with Crippen molar-refractivity contribution in [1.29, 1.82) is 5.41 Å². The normalized spacial score (nSPS) is 17.2. The molecule has 3 amide bonds. The highest BCUT2D eigenvalue weighted by Gasteiger charge is 2.42. The van der Waals surface area contributed by atoms with E-state index in [9.17, 15) is 36.0 Å². The molecule has 0 unspecified atom stereocenters. The summed E-state index contributed by atoms with van der Waals surface area (Å²) < 4.78 is 56.1. The van der Waals surface area contributed by atoms with E-state index in [0.717, 1.165) is 40.5 Å². The Balaban J connectivity index is 1.21. The number of hydrogen-bond acceptors (Lipinski definition) is 11. The molecule has 0 saturated carbocycles. The molecule has 2 aliphatic heterocycles. The highest BCUT2D eigenvalue weighted by Crippen LogP contribution is 2.24. The summed E-state index contributed by atoms with van der Waals surface area (Å²) in [6.07, 6.45) is 4.51. The van der Waals surface area contributed by atoms with Crippen LogP contribution in [0.5, 0.6) is 0 Å². The van der Waals surface area contributed by atoms with Crippen molar-refractivity contribution in [2.24, 2.45) is 0 Å². The number of guanidine groups is 1. The van der Waals surface area contributed by atoms with Gasteiger partial charge in [0.1, 0.15) is 6.04 Å². The second kappa shape index (κ2) is 19.4. The van der Waals surface area contributed by atoms with Crippen molar-refractivity contribution in [3.8, 4) is 0 Å². The highest BCUT2D eigenvalue weighted by molar-refractivity contribution is 7.90. The average Bonchev–Trinajstić information content (AvgIpc) is 3.72. The van der Waals surface area contributed by atoms with Crippen molar-refractivity contribution in [3.63, 3.8) is 0 Å². The molecule has 2 atom stereocenters. The maximum atomic E-state index is 14.0. The van der Waals surface area contributed by atoms with Gasteiger partial charge in [-0.2, -0.15) is 4.31 Å². The third-order valence-corrected chi connectivity index (χ3v) is 13.6. The van der Waals surface area contributed by atoms with E-state index in [0.29, 0.717) is 18.7 Å². The number of piperazine rings is 1. The van der Waals surface area contributed by atoms with Gasteiger partial charge >= 0.3 is 0 Å². The maximum absolute atomic E-state index is 14.0. The van der Waals surface area contributed by atoms with Crippen LogP contribution in [0.2, 0.25) is 0 Å². The van der Waals surface area contributed by atoms with Gasteiger partial charge in [0.15, 0.2) is 5.01 Å². The van der Waals surface area contributed by atoms with E-state index < -0.39 is 62.2 Å². The van der Waals surface area contributed by atoms with Gasteiger partial charge in [-0.25, -0.2) is 26.5 Å². The molecule has 3 heterocycles. The number of aromatic nitrogens is 1. The van der Waals surface area contributed by atoms with Gasteiger partial charge in [0.2, 0.25) is 39.5 Å². The molecular formula is C37H48N8O8S3. The number of nitrogens with one attached hydrogen (secondary N) is 4. The van der Waals surface area contributed by atoms with Crippen LogP contribution < -0.4 is 15.4 Å². The van der Waals surface area contributed by atoms with E-state index in [1.54, 1.807) is 52.7 Å². The van der Waals surface area contributed by atoms with E-state index in [1.807, 2.05) is 6.92 Å².